The zero-order chi connectivity index (χ0) is 20.9. The van der Waals surface area contributed by atoms with Crippen LogP contribution >= 0.6 is 0 Å². The van der Waals surface area contributed by atoms with Crippen LogP contribution in [0.2, 0.25) is 0 Å². The first-order chi connectivity index (χ1) is 13.9. The molecule has 1 aliphatic heterocycles. The van der Waals surface area contributed by atoms with Gasteiger partial charge in [0.2, 0.25) is 0 Å². The molecule has 0 saturated carbocycles. The van der Waals surface area contributed by atoms with Crippen molar-refractivity contribution in [1.82, 2.24) is 0 Å². The summed E-state index contributed by atoms with van der Waals surface area (Å²) >= 11 is 0. The van der Waals surface area contributed by atoms with Crippen molar-refractivity contribution in [2.24, 2.45) is 4.40 Å². The number of ether oxygens (including phenoxy) is 1. The molecule has 2 N–H and O–H groups in total. The molecule has 0 fully saturated rings. The van der Waals surface area contributed by atoms with E-state index in [-0.39, 0.29) is 18.0 Å². The molecule has 0 saturated heterocycles. The zero-order valence-corrected chi connectivity index (χ0v) is 16.9. The van der Waals surface area contributed by atoms with Gasteiger partial charge in [0.05, 0.1) is 23.4 Å². The van der Waals surface area contributed by atoms with E-state index in [2.05, 4.69) is 15.0 Å². The first kappa shape index (κ1) is 20.3. The summed E-state index contributed by atoms with van der Waals surface area (Å²) in [5.41, 5.74) is 2.46. The first-order valence-corrected chi connectivity index (χ1v) is 10.5. The Bertz CT molecular complexity index is 1100. The number of sulfonamides is 1. The average Bonchev–Trinajstić information content (AvgIpc) is 2.82. The fourth-order valence-electron chi connectivity index (χ4n) is 2.74. The second-order valence-electron chi connectivity index (χ2n) is 6.18. The normalized spacial score (nSPS) is 15.4. The molecule has 1 heterocycles. The van der Waals surface area contributed by atoms with E-state index in [1.807, 2.05) is 12.1 Å². The van der Waals surface area contributed by atoms with E-state index >= 15 is 0 Å². The summed E-state index contributed by atoms with van der Waals surface area (Å²) in [5, 5.41) is 7.06. The minimum absolute atomic E-state index is 0.0275. The van der Waals surface area contributed by atoms with Crippen LogP contribution in [-0.4, -0.2) is 26.8 Å². The summed E-state index contributed by atoms with van der Waals surface area (Å²) in [5.74, 6) is -0.769. The van der Waals surface area contributed by atoms with Crippen molar-refractivity contribution >= 4 is 39.3 Å². The molecule has 29 heavy (non-hydrogen) atoms. The lowest BCUT2D eigenvalue weighted by molar-refractivity contribution is -0.137. The van der Waals surface area contributed by atoms with Gasteiger partial charge in [-0.2, -0.15) is 8.42 Å². The fraction of sp³-hybridized carbons (Fsp3) is 0.143. The zero-order valence-electron chi connectivity index (χ0n) is 16.0. The van der Waals surface area contributed by atoms with Gasteiger partial charge in [-0.1, -0.05) is 42.5 Å². The molecular weight excluding hydrogens is 390 g/mol. The highest BCUT2D eigenvalue weighted by Gasteiger charge is 2.26. The summed E-state index contributed by atoms with van der Waals surface area (Å²) in [6, 6.07) is 16.2. The van der Waals surface area contributed by atoms with Gasteiger partial charge in [-0.05, 0) is 37.6 Å². The van der Waals surface area contributed by atoms with Crippen LogP contribution < -0.4 is 10.6 Å². The van der Waals surface area contributed by atoms with Crippen molar-refractivity contribution in [3.05, 3.63) is 76.8 Å². The van der Waals surface area contributed by atoms with Crippen LogP contribution in [0.25, 0.3) is 6.08 Å². The SMILES string of the molecule is CCOC(=O)C1=C(C)Nc2ccccc2N/C1=N/S(=O)(=O)/C=C/c1ccccc1. The second kappa shape index (κ2) is 8.74. The number of nitrogens with one attached hydrogen (secondary N) is 2. The predicted molar refractivity (Wildman–Crippen MR) is 115 cm³/mol. The van der Waals surface area contributed by atoms with Gasteiger partial charge < -0.3 is 15.4 Å². The number of fused-ring (bicyclic) bond motifs is 1. The number of nitrogens with zero attached hydrogens (tertiary/aromatic N) is 1. The van der Waals surface area contributed by atoms with Gasteiger partial charge in [0, 0.05) is 5.70 Å². The van der Waals surface area contributed by atoms with Crippen molar-refractivity contribution in [3.8, 4) is 0 Å². The summed E-state index contributed by atoms with van der Waals surface area (Å²) in [4.78, 5) is 12.5. The van der Waals surface area contributed by atoms with Crippen molar-refractivity contribution in [1.29, 1.82) is 0 Å². The number of hydrogen-bond donors (Lipinski definition) is 2. The van der Waals surface area contributed by atoms with Crippen LogP contribution in [-0.2, 0) is 19.6 Å². The molecule has 3 rings (SSSR count). The Kier molecular flexibility index (Phi) is 6.13. The number of para-hydroxylation sites is 2. The Hall–Kier alpha value is -3.39. The van der Waals surface area contributed by atoms with E-state index in [1.54, 1.807) is 56.3 Å². The lowest BCUT2D eigenvalue weighted by Gasteiger charge is -2.11. The molecule has 0 aliphatic carbocycles. The molecule has 0 bridgehead atoms. The number of carbonyl (C=O) groups excluding carboxylic acids is 1. The van der Waals surface area contributed by atoms with Crippen LogP contribution in [0.15, 0.2) is 75.7 Å². The third-order valence-electron chi connectivity index (χ3n) is 4.04. The van der Waals surface area contributed by atoms with E-state index < -0.39 is 16.0 Å². The quantitative estimate of drug-likeness (QED) is 0.727. The number of carbonyl (C=O) groups is 1. The maximum absolute atomic E-state index is 12.6. The van der Waals surface area contributed by atoms with Gasteiger partial charge in [-0.25, -0.2) is 4.79 Å². The van der Waals surface area contributed by atoms with Gasteiger partial charge in [0.1, 0.15) is 5.57 Å². The Balaban J connectivity index is 2.05. The second-order valence-corrected chi connectivity index (χ2v) is 7.67. The van der Waals surface area contributed by atoms with E-state index in [9.17, 15) is 13.2 Å². The topological polar surface area (TPSA) is 96.9 Å². The number of hydrogen-bond acceptors (Lipinski definition) is 5. The summed E-state index contributed by atoms with van der Waals surface area (Å²) in [7, 11) is -4.03. The minimum Gasteiger partial charge on any atom is -0.462 e. The lowest BCUT2D eigenvalue weighted by Crippen LogP contribution is -2.24. The molecule has 0 radical (unpaired) electrons. The van der Waals surface area contributed by atoms with Crippen molar-refractivity contribution in [3.63, 3.8) is 0 Å². The van der Waals surface area contributed by atoms with Crippen LogP contribution in [0.3, 0.4) is 0 Å². The number of rotatable bonds is 5. The number of esters is 1. The van der Waals surface area contributed by atoms with Gasteiger partial charge in [0.15, 0.2) is 5.84 Å². The highest BCUT2D eigenvalue weighted by atomic mass is 32.2. The third-order valence-corrected chi connectivity index (χ3v) is 4.96. The smallest absolute Gasteiger partial charge is 0.343 e. The fourth-order valence-corrected chi connectivity index (χ4v) is 3.52. The third kappa shape index (κ3) is 5.11. The molecule has 0 aromatic heterocycles. The number of benzene rings is 2. The maximum atomic E-state index is 12.6. The Morgan fingerprint density at radius 1 is 1.03 bits per heavy atom. The molecule has 8 heteroatoms. The van der Waals surface area contributed by atoms with Crippen LogP contribution in [0.5, 0.6) is 0 Å². The van der Waals surface area contributed by atoms with E-state index in [1.165, 1.54) is 6.08 Å². The molecule has 2 aromatic carbocycles. The molecule has 0 amide bonds. The number of anilines is 2. The summed E-state index contributed by atoms with van der Waals surface area (Å²) < 4.78 is 34.2. The van der Waals surface area contributed by atoms with Crippen LogP contribution in [0.4, 0.5) is 11.4 Å². The molecule has 1 aliphatic rings. The Morgan fingerprint density at radius 3 is 2.31 bits per heavy atom. The van der Waals surface area contributed by atoms with Gasteiger partial charge in [-0.15, -0.1) is 4.40 Å². The molecule has 2 aromatic rings. The van der Waals surface area contributed by atoms with E-state index in [0.717, 1.165) is 11.0 Å². The Morgan fingerprint density at radius 2 is 1.66 bits per heavy atom. The maximum Gasteiger partial charge on any atom is 0.343 e. The van der Waals surface area contributed by atoms with Crippen LogP contribution in [0, 0.1) is 0 Å². The molecule has 0 atom stereocenters. The van der Waals surface area contributed by atoms with Crippen LogP contribution in [0.1, 0.15) is 19.4 Å². The molecule has 150 valence electrons. The van der Waals surface area contributed by atoms with Gasteiger partial charge in [0.25, 0.3) is 10.0 Å². The summed E-state index contributed by atoms with van der Waals surface area (Å²) in [6.07, 6.45) is 1.45. The Labute approximate surface area is 169 Å². The number of amidine groups is 1. The molecular formula is C21H21N3O4S. The van der Waals surface area contributed by atoms with E-state index in [0.29, 0.717) is 17.1 Å². The lowest BCUT2D eigenvalue weighted by atomic mass is 10.2. The highest BCUT2D eigenvalue weighted by molar-refractivity contribution is 7.93. The standard InChI is InChI=1S/C21H21N3O4S/c1-3-28-21(25)19-15(2)22-17-11-7-8-12-18(17)23-20(19)24-29(26,27)14-13-16-9-5-4-6-10-16/h4-14,22H,3H2,1-2H3,(H,23,24)/b14-13+. The van der Waals surface area contributed by atoms with E-state index in [4.69, 9.17) is 4.74 Å². The van der Waals surface area contributed by atoms with Gasteiger partial charge in [-0.3, -0.25) is 0 Å². The minimum atomic E-state index is -4.03. The summed E-state index contributed by atoms with van der Waals surface area (Å²) in [6.45, 7) is 3.49. The first-order valence-electron chi connectivity index (χ1n) is 8.99. The van der Waals surface area contributed by atoms with Crippen molar-refractivity contribution in [2.75, 3.05) is 17.2 Å². The molecule has 7 nitrogen and oxygen atoms in total. The largest absolute Gasteiger partial charge is 0.462 e. The van der Waals surface area contributed by atoms with Crippen molar-refractivity contribution in [2.45, 2.75) is 13.8 Å². The average molecular weight is 411 g/mol. The highest BCUT2D eigenvalue weighted by Crippen LogP contribution is 2.28. The molecule has 0 unspecified atom stereocenters. The number of allylic oxidation sites excluding steroid dienone is 1. The molecule has 0 spiro atoms. The monoisotopic (exact) mass is 411 g/mol. The van der Waals surface area contributed by atoms with Gasteiger partial charge >= 0.3 is 5.97 Å². The van der Waals surface area contributed by atoms with Crippen molar-refractivity contribution < 1.29 is 17.9 Å². The predicted octanol–water partition coefficient (Wildman–Crippen LogP) is 3.76.